The summed E-state index contributed by atoms with van der Waals surface area (Å²) in [7, 11) is 0. The van der Waals surface area contributed by atoms with Crippen LogP contribution < -0.4 is 5.32 Å². The highest BCUT2D eigenvalue weighted by Crippen LogP contribution is 2.27. The van der Waals surface area contributed by atoms with Crippen LogP contribution in [-0.4, -0.2) is 17.0 Å². The van der Waals surface area contributed by atoms with E-state index in [1.54, 1.807) is 12.1 Å². The molecule has 1 unspecified atom stereocenters. The number of hydrogen-bond acceptors (Lipinski definition) is 3. The van der Waals surface area contributed by atoms with E-state index in [2.05, 4.69) is 5.32 Å². The molecule has 0 aliphatic rings. The molecule has 3 aromatic rings. The zero-order valence-corrected chi connectivity index (χ0v) is 13.6. The van der Waals surface area contributed by atoms with Gasteiger partial charge in [-0.2, -0.15) is 0 Å². The summed E-state index contributed by atoms with van der Waals surface area (Å²) in [6, 6.07) is 16.8. The van der Waals surface area contributed by atoms with Crippen molar-refractivity contribution in [2.45, 2.75) is 6.92 Å². The Labute approximate surface area is 144 Å². The predicted octanol–water partition coefficient (Wildman–Crippen LogP) is 4.06. The molecule has 5 nitrogen and oxygen atoms in total. The summed E-state index contributed by atoms with van der Waals surface area (Å²) in [5.41, 5.74) is 2.17. The molecular formula is C20H17NO4. The minimum atomic E-state index is -0.944. The van der Waals surface area contributed by atoms with Gasteiger partial charge >= 0.3 is 5.97 Å². The van der Waals surface area contributed by atoms with Crippen molar-refractivity contribution in [2.24, 2.45) is 5.92 Å². The van der Waals surface area contributed by atoms with Crippen molar-refractivity contribution in [1.29, 1.82) is 0 Å². The predicted molar refractivity (Wildman–Crippen MR) is 95.1 cm³/mol. The molecule has 0 saturated heterocycles. The average Bonchev–Trinajstić information content (AvgIpc) is 3.05. The topological polar surface area (TPSA) is 79.5 Å². The Balaban J connectivity index is 1.71. The summed E-state index contributed by atoms with van der Waals surface area (Å²) >= 11 is 0. The number of carbonyl (C=O) groups excluding carboxylic acids is 1. The van der Waals surface area contributed by atoms with Crippen molar-refractivity contribution >= 4 is 22.8 Å². The van der Waals surface area contributed by atoms with Crippen molar-refractivity contribution in [3.05, 3.63) is 72.4 Å². The number of furan rings is 1. The molecule has 126 valence electrons. The molecule has 25 heavy (non-hydrogen) atoms. The molecule has 0 bridgehead atoms. The van der Waals surface area contributed by atoms with Crippen molar-refractivity contribution in [1.82, 2.24) is 5.32 Å². The monoisotopic (exact) mass is 335 g/mol. The Morgan fingerprint density at radius 2 is 1.84 bits per heavy atom. The van der Waals surface area contributed by atoms with Crippen molar-refractivity contribution in [2.75, 3.05) is 0 Å². The average molecular weight is 335 g/mol. The molecule has 2 aromatic carbocycles. The molecule has 5 heteroatoms. The van der Waals surface area contributed by atoms with Gasteiger partial charge < -0.3 is 14.8 Å². The fourth-order valence-electron chi connectivity index (χ4n) is 2.34. The first-order valence-electron chi connectivity index (χ1n) is 7.84. The van der Waals surface area contributed by atoms with E-state index in [1.165, 1.54) is 19.2 Å². The first-order chi connectivity index (χ1) is 12.0. The van der Waals surface area contributed by atoms with Crippen molar-refractivity contribution < 1.29 is 19.1 Å². The SMILES string of the molecule is CC(C=CNC(=O)c1ccc(-c2cc3ccccc3o2)cc1)C(=O)O. The Morgan fingerprint density at radius 3 is 2.52 bits per heavy atom. The minimum Gasteiger partial charge on any atom is -0.481 e. The van der Waals surface area contributed by atoms with E-state index < -0.39 is 11.9 Å². The van der Waals surface area contributed by atoms with E-state index in [0.29, 0.717) is 5.56 Å². The van der Waals surface area contributed by atoms with Crippen LogP contribution in [0.2, 0.25) is 0 Å². The number of benzene rings is 2. The maximum Gasteiger partial charge on any atom is 0.310 e. The first kappa shape index (κ1) is 16.5. The second-order valence-corrected chi connectivity index (χ2v) is 5.69. The highest BCUT2D eigenvalue weighted by Gasteiger charge is 2.09. The van der Waals surface area contributed by atoms with Crippen LogP contribution in [0.5, 0.6) is 0 Å². The Morgan fingerprint density at radius 1 is 1.12 bits per heavy atom. The van der Waals surface area contributed by atoms with Crippen LogP contribution in [0.1, 0.15) is 17.3 Å². The van der Waals surface area contributed by atoms with Gasteiger partial charge in [0.1, 0.15) is 11.3 Å². The second kappa shape index (κ2) is 7.05. The molecule has 2 N–H and O–H groups in total. The van der Waals surface area contributed by atoms with E-state index in [4.69, 9.17) is 9.52 Å². The second-order valence-electron chi connectivity index (χ2n) is 5.69. The fraction of sp³-hybridized carbons (Fsp3) is 0.100. The summed E-state index contributed by atoms with van der Waals surface area (Å²) in [5.74, 6) is -1.16. The number of hydrogen-bond donors (Lipinski definition) is 2. The van der Waals surface area contributed by atoms with Gasteiger partial charge in [0.15, 0.2) is 0 Å². The molecule has 1 heterocycles. The number of fused-ring (bicyclic) bond motifs is 1. The lowest BCUT2D eigenvalue weighted by Gasteiger charge is -2.03. The van der Waals surface area contributed by atoms with Gasteiger partial charge in [0.25, 0.3) is 5.91 Å². The van der Waals surface area contributed by atoms with Gasteiger partial charge in [-0.1, -0.05) is 36.4 Å². The number of carbonyl (C=O) groups is 2. The van der Waals surface area contributed by atoms with Gasteiger partial charge in [-0.05, 0) is 31.2 Å². The van der Waals surface area contributed by atoms with Gasteiger partial charge in [-0.25, -0.2) is 0 Å². The lowest BCUT2D eigenvalue weighted by Crippen LogP contribution is -2.18. The number of carboxylic acids is 1. The van der Waals surface area contributed by atoms with Gasteiger partial charge in [0, 0.05) is 22.7 Å². The first-order valence-corrected chi connectivity index (χ1v) is 7.84. The molecule has 0 saturated carbocycles. The van der Waals surface area contributed by atoms with E-state index in [9.17, 15) is 9.59 Å². The van der Waals surface area contributed by atoms with Crippen LogP contribution in [0.4, 0.5) is 0 Å². The molecule has 0 aliphatic heterocycles. The van der Waals surface area contributed by atoms with E-state index in [1.807, 2.05) is 42.5 Å². The number of nitrogens with one attached hydrogen (secondary N) is 1. The standard InChI is InChI=1S/C20H17NO4/c1-13(20(23)24)10-11-21-19(22)15-8-6-14(7-9-15)18-12-16-4-2-3-5-17(16)25-18/h2-13H,1H3,(H,21,22)(H,23,24). The Kier molecular flexibility index (Phi) is 4.66. The van der Waals surface area contributed by atoms with E-state index >= 15 is 0 Å². The van der Waals surface area contributed by atoms with Gasteiger partial charge in [0.05, 0.1) is 5.92 Å². The molecule has 0 spiro atoms. The summed E-state index contributed by atoms with van der Waals surface area (Å²) in [4.78, 5) is 22.8. The van der Waals surface area contributed by atoms with Crippen LogP contribution in [0.25, 0.3) is 22.3 Å². The van der Waals surface area contributed by atoms with Crippen LogP contribution in [0.15, 0.2) is 71.3 Å². The van der Waals surface area contributed by atoms with E-state index in [-0.39, 0.29) is 5.91 Å². The Hall–Kier alpha value is -3.34. The summed E-state index contributed by atoms with van der Waals surface area (Å²) in [6.45, 7) is 1.53. The van der Waals surface area contributed by atoms with Gasteiger partial charge in [0.2, 0.25) is 0 Å². The lowest BCUT2D eigenvalue weighted by molar-refractivity contribution is -0.139. The summed E-state index contributed by atoms with van der Waals surface area (Å²) in [5, 5.41) is 12.4. The minimum absolute atomic E-state index is 0.301. The number of rotatable bonds is 5. The third-order valence-corrected chi connectivity index (χ3v) is 3.85. The van der Waals surface area contributed by atoms with E-state index in [0.717, 1.165) is 22.3 Å². The third kappa shape index (κ3) is 3.77. The van der Waals surface area contributed by atoms with Gasteiger partial charge in [-0.15, -0.1) is 0 Å². The van der Waals surface area contributed by atoms with Crippen LogP contribution in [-0.2, 0) is 4.79 Å². The maximum atomic E-state index is 12.1. The quantitative estimate of drug-likeness (QED) is 0.737. The summed E-state index contributed by atoms with van der Waals surface area (Å²) < 4.78 is 5.80. The Bertz CT molecular complexity index is 905. The molecule has 0 radical (unpaired) electrons. The lowest BCUT2D eigenvalue weighted by atomic mass is 10.1. The highest BCUT2D eigenvalue weighted by molar-refractivity contribution is 5.95. The molecule has 0 aliphatic carbocycles. The normalized spacial score (nSPS) is 12.4. The smallest absolute Gasteiger partial charge is 0.310 e. The number of aliphatic carboxylic acids is 1. The largest absolute Gasteiger partial charge is 0.481 e. The summed E-state index contributed by atoms with van der Waals surface area (Å²) in [6.07, 6.45) is 2.78. The van der Waals surface area contributed by atoms with Crippen LogP contribution >= 0.6 is 0 Å². The maximum absolute atomic E-state index is 12.1. The molecule has 1 atom stereocenters. The van der Waals surface area contributed by atoms with Crippen LogP contribution in [0.3, 0.4) is 0 Å². The molecule has 1 amide bonds. The molecular weight excluding hydrogens is 318 g/mol. The zero-order valence-electron chi connectivity index (χ0n) is 13.6. The zero-order chi connectivity index (χ0) is 17.8. The fourth-order valence-corrected chi connectivity index (χ4v) is 2.34. The molecule has 0 fully saturated rings. The number of amides is 1. The number of para-hydroxylation sites is 1. The molecule has 3 rings (SSSR count). The van der Waals surface area contributed by atoms with Crippen LogP contribution in [0, 0.1) is 5.92 Å². The van der Waals surface area contributed by atoms with Gasteiger partial charge in [-0.3, -0.25) is 9.59 Å². The third-order valence-electron chi connectivity index (χ3n) is 3.85. The molecule has 1 aromatic heterocycles. The highest BCUT2D eigenvalue weighted by atomic mass is 16.4. The number of carboxylic acid groups (broad SMARTS) is 1. The van der Waals surface area contributed by atoms with Crippen molar-refractivity contribution in [3.8, 4) is 11.3 Å². The van der Waals surface area contributed by atoms with Crippen molar-refractivity contribution in [3.63, 3.8) is 0 Å².